The van der Waals surface area contributed by atoms with Gasteiger partial charge in [-0.25, -0.2) is 4.98 Å². The van der Waals surface area contributed by atoms with E-state index in [0.717, 1.165) is 28.4 Å². The highest BCUT2D eigenvalue weighted by molar-refractivity contribution is 7.09. The van der Waals surface area contributed by atoms with Gasteiger partial charge in [0.15, 0.2) is 11.5 Å². The molecule has 2 heterocycles. The molecule has 0 saturated heterocycles. The normalized spacial score (nSPS) is 13.1. The molecule has 0 N–H and O–H groups in total. The van der Waals surface area contributed by atoms with Gasteiger partial charge < -0.3 is 19.1 Å². The summed E-state index contributed by atoms with van der Waals surface area (Å²) in [6.07, 6.45) is 0.851. The van der Waals surface area contributed by atoms with Crippen LogP contribution in [0.3, 0.4) is 0 Å². The van der Waals surface area contributed by atoms with Crippen molar-refractivity contribution in [3.8, 4) is 17.2 Å². The van der Waals surface area contributed by atoms with E-state index in [1.807, 2.05) is 41.5 Å². The minimum absolute atomic E-state index is 0.0433. The third-order valence-electron chi connectivity index (χ3n) is 5.29. The number of fused-ring (bicyclic) bond motifs is 1. The van der Waals surface area contributed by atoms with Crippen molar-refractivity contribution >= 4 is 17.2 Å². The predicted molar refractivity (Wildman–Crippen MR) is 120 cm³/mol. The second-order valence-electron chi connectivity index (χ2n) is 7.60. The Kier molecular flexibility index (Phi) is 6.42. The minimum Gasteiger partial charge on any atom is -0.486 e. The molecular formula is C24H26N2O4S. The molecule has 2 aromatic carbocycles. The Labute approximate surface area is 186 Å². The van der Waals surface area contributed by atoms with Crippen LogP contribution in [0.4, 0.5) is 0 Å². The van der Waals surface area contributed by atoms with E-state index in [1.54, 1.807) is 29.5 Å². The van der Waals surface area contributed by atoms with Crippen LogP contribution in [-0.4, -0.2) is 28.6 Å². The maximum absolute atomic E-state index is 13.3. The fraction of sp³-hybridized carbons (Fsp3) is 0.333. The Bertz CT molecular complexity index is 1070. The second-order valence-corrected chi connectivity index (χ2v) is 8.54. The molecule has 1 unspecified atom stereocenters. The van der Waals surface area contributed by atoms with E-state index in [1.165, 1.54) is 0 Å². The van der Waals surface area contributed by atoms with E-state index in [-0.39, 0.29) is 18.7 Å². The number of carbonyl (C=O) groups is 1. The standard InChI is InChI=1S/C24H26N2O4S/c1-4-17(3)26(24(27)18-8-9-21-22(11-18)30-15-29-21)12-19-14-31-23(25-19)13-28-20-7-5-6-16(2)10-20/h5-11,14,17H,4,12-13,15H2,1-3H3. The summed E-state index contributed by atoms with van der Waals surface area (Å²) in [6.45, 7) is 7.21. The number of aromatic nitrogens is 1. The van der Waals surface area contributed by atoms with Crippen molar-refractivity contribution in [3.63, 3.8) is 0 Å². The third kappa shape index (κ3) is 4.99. The number of carbonyl (C=O) groups excluding carboxylic acids is 1. The van der Waals surface area contributed by atoms with Crippen LogP contribution < -0.4 is 14.2 Å². The Balaban J connectivity index is 1.45. The van der Waals surface area contributed by atoms with E-state index in [2.05, 4.69) is 13.8 Å². The van der Waals surface area contributed by atoms with Crippen molar-refractivity contribution in [2.45, 2.75) is 46.4 Å². The van der Waals surface area contributed by atoms with Gasteiger partial charge in [0, 0.05) is 17.0 Å². The number of aryl methyl sites for hydroxylation is 1. The van der Waals surface area contributed by atoms with Gasteiger partial charge in [0.05, 0.1) is 12.2 Å². The van der Waals surface area contributed by atoms with Gasteiger partial charge in [-0.05, 0) is 56.2 Å². The zero-order valence-electron chi connectivity index (χ0n) is 18.0. The van der Waals surface area contributed by atoms with Gasteiger partial charge >= 0.3 is 0 Å². The van der Waals surface area contributed by atoms with Crippen LogP contribution in [0.15, 0.2) is 47.8 Å². The van der Waals surface area contributed by atoms with Crippen molar-refractivity contribution < 1.29 is 19.0 Å². The lowest BCUT2D eigenvalue weighted by molar-refractivity contribution is 0.0668. The molecule has 162 valence electrons. The van der Waals surface area contributed by atoms with Crippen LogP contribution in [0, 0.1) is 6.92 Å². The molecule has 7 heteroatoms. The molecule has 0 fully saturated rings. The molecule has 3 aromatic rings. The van der Waals surface area contributed by atoms with E-state index < -0.39 is 0 Å². The molecule has 1 atom stereocenters. The van der Waals surface area contributed by atoms with Crippen LogP contribution in [-0.2, 0) is 13.2 Å². The second kappa shape index (κ2) is 9.39. The van der Waals surface area contributed by atoms with Crippen LogP contribution in [0.1, 0.15) is 46.9 Å². The molecule has 0 spiro atoms. The molecule has 4 rings (SSSR count). The van der Waals surface area contributed by atoms with E-state index >= 15 is 0 Å². The minimum atomic E-state index is -0.0433. The third-order valence-corrected chi connectivity index (χ3v) is 6.16. The Morgan fingerprint density at radius 2 is 2.06 bits per heavy atom. The van der Waals surface area contributed by atoms with Gasteiger partial charge in [0.2, 0.25) is 6.79 Å². The molecule has 0 saturated carbocycles. The lowest BCUT2D eigenvalue weighted by atomic mass is 10.1. The van der Waals surface area contributed by atoms with Gasteiger partial charge in [-0.15, -0.1) is 11.3 Å². The summed E-state index contributed by atoms with van der Waals surface area (Å²) in [5, 5.41) is 2.88. The maximum Gasteiger partial charge on any atom is 0.254 e. The van der Waals surface area contributed by atoms with Crippen molar-refractivity contribution in [2.75, 3.05) is 6.79 Å². The first-order chi connectivity index (χ1) is 15.0. The van der Waals surface area contributed by atoms with Gasteiger partial charge in [0.1, 0.15) is 17.4 Å². The number of ether oxygens (including phenoxy) is 3. The van der Waals surface area contributed by atoms with Crippen LogP contribution in [0.5, 0.6) is 17.2 Å². The largest absolute Gasteiger partial charge is 0.486 e. The molecule has 0 radical (unpaired) electrons. The molecule has 1 aliphatic rings. The number of benzene rings is 2. The zero-order chi connectivity index (χ0) is 21.8. The van der Waals surface area contributed by atoms with E-state index in [0.29, 0.717) is 30.2 Å². The van der Waals surface area contributed by atoms with E-state index in [4.69, 9.17) is 19.2 Å². The van der Waals surface area contributed by atoms with Gasteiger partial charge in [-0.3, -0.25) is 4.79 Å². The average molecular weight is 439 g/mol. The number of rotatable bonds is 8. The molecule has 1 aromatic heterocycles. The molecule has 6 nitrogen and oxygen atoms in total. The first kappa shape index (κ1) is 21.2. The Morgan fingerprint density at radius 1 is 1.23 bits per heavy atom. The first-order valence-corrected chi connectivity index (χ1v) is 11.2. The van der Waals surface area contributed by atoms with Gasteiger partial charge in [-0.2, -0.15) is 0 Å². The molecule has 1 amide bonds. The summed E-state index contributed by atoms with van der Waals surface area (Å²) in [6, 6.07) is 13.4. The van der Waals surface area contributed by atoms with Crippen molar-refractivity contribution in [3.05, 3.63) is 69.7 Å². The topological polar surface area (TPSA) is 60.9 Å². The maximum atomic E-state index is 13.3. The Hall–Kier alpha value is -3.06. The average Bonchev–Trinajstić information content (AvgIpc) is 3.43. The summed E-state index contributed by atoms with van der Waals surface area (Å²) in [4.78, 5) is 19.8. The lowest BCUT2D eigenvalue weighted by Crippen LogP contribution is -2.37. The van der Waals surface area contributed by atoms with Crippen molar-refractivity contribution in [1.29, 1.82) is 0 Å². The quantitative estimate of drug-likeness (QED) is 0.484. The van der Waals surface area contributed by atoms with Crippen LogP contribution in [0.25, 0.3) is 0 Å². The fourth-order valence-corrected chi connectivity index (χ4v) is 4.05. The zero-order valence-corrected chi connectivity index (χ0v) is 18.8. The summed E-state index contributed by atoms with van der Waals surface area (Å²) >= 11 is 1.55. The van der Waals surface area contributed by atoms with Crippen molar-refractivity contribution in [1.82, 2.24) is 9.88 Å². The molecular weight excluding hydrogens is 412 g/mol. The van der Waals surface area contributed by atoms with E-state index in [9.17, 15) is 4.79 Å². The first-order valence-electron chi connectivity index (χ1n) is 10.4. The highest BCUT2D eigenvalue weighted by Crippen LogP contribution is 2.33. The number of hydrogen-bond acceptors (Lipinski definition) is 6. The number of hydrogen-bond donors (Lipinski definition) is 0. The fourth-order valence-electron chi connectivity index (χ4n) is 3.36. The predicted octanol–water partition coefficient (Wildman–Crippen LogP) is 5.20. The highest BCUT2D eigenvalue weighted by Gasteiger charge is 2.24. The van der Waals surface area contributed by atoms with Crippen LogP contribution in [0.2, 0.25) is 0 Å². The lowest BCUT2D eigenvalue weighted by Gasteiger charge is -2.28. The van der Waals surface area contributed by atoms with Gasteiger partial charge in [-0.1, -0.05) is 19.1 Å². The Morgan fingerprint density at radius 3 is 2.87 bits per heavy atom. The number of thiazole rings is 1. The molecule has 0 bridgehead atoms. The molecule has 1 aliphatic heterocycles. The smallest absolute Gasteiger partial charge is 0.254 e. The monoisotopic (exact) mass is 438 g/mol. The summed E-state index contributed by atoms with van der Waals surface area (Å²) in [5.41, 5.74) is 2.61. The van der Waals surface area contributed by atoms with Gasteiger partial charge in [0.25, 0.3) is 5.91 Å². The highest BCUT2D eigenvalue weighted by atomic mass is 32.1. The molecule has 31 heavy (non-hydrogen) atoms. The summed E-state index contributed by atoms with van der Waals surface area (Å²) in [5.74, 6) is 2.07. The molecule has 0 aliphatic carbocycles. The SMILES string of the molecule is CCC(C)N(Cc1csc(COc2cccc(C)c2)n1)C(=O)c1ccc2c(c1)OCO2. The summed E-state index contributed by atoms with van der Waals surface area (Å²) in [7, 11) is 0. The number of amides is 1. The van der Waals surface area contributed by atoms with Crippen molar-refractivity contribution in [2.24, 2.45) is 0 Å². The number of nitrogens with zero attached hydrogens (tertiary/aromatic N) is 2. The summed E-state index contributed by atoms with van der Waals surface area (Å²) < 4.78 is 16.6. The van der Waals surface area contributed by atoms with Crippen LogP contribution >= 0.6 is 11.3 Å².